The lowest BCUT2D eigenvalue weighted by Crippen LogP contribution is -2.29. The van der Waals surface area contributed by atoms with Crippen molar-refractivity contribution < 1.29 is 4.74 Å². The number of nitriles is 1. The van der Waals surface area contributed by atoms with Crippen molar-refractivity contribution in [2.45, 2.75) is 25.0 Å². The number of hydrogen-bond donors (Lipinski definition) is 1. The normalized spacial score (nSPS) is 21.6. The van der Waals surface area contributed by atoms with Crippen LogP contribution in [0.4, 0.5) is 5.69 Å². The topological polar surface area (TPSA) is 45.0 Å². The van der Waals surface area contributed by atoms with Gasteiger partial charge in [0.25, 0.3) is 0 Å². The summed E-state index contributed by atoms with van der Waals surface area (Å²) >= 11 is 0. The molecule has 3 unspecified atom stereocenters. The van der Waals surface area contributed by atoms with Crippen LogP contribution in [0.15, 0.2) is 84.9 Å². The molecule has 5 rings (SSSR count). The number of allylic oxidation sites excluding steroid dienone is 2. The van der Waals surface area contributed by atoms with E-state index < -0.39 is 0 Å². The highest BCUT2D eigenvalue weighted by atomic mass is 16.5. The zero-order valence-electron chi connectivity index (χ0n) is 16.1. The average Bonchev–Trinajstić information content (AvgIpc) is 3.28. The van der Waals surface area contributed by atoms with Gasteiger partial charge < -0.3 is 10.1 Å². The van der Waals surface area contributed by atoms with E-state index in [4.69, 9.17) is 4.74 Å². The van der Waals surface area contributed by atoms with Crippen molar-refractivity contribution in [3.05, 3.63) is 107 Å². The van der Waals surface area contributed by atoms with E-state index in [0.717, 1.165) is 29.0 Å². The van der Waals surface area contributed by atoms with E-state index >= 15 is 0 Å². The highest BCUT2D eigenvalue weighted by Gasteiger charge is 2.39. The van der Waals surface area contributed by atoms with E-state index in [2.05, 4.69) is 53.9 Å². The summed E-state index contributed by atoms with van der Waals surface area (Å²) in [5.41, 5.74) is 5.40. The highest BCUT2D eigenvalue weighted by Crippen LogP contribution is 2.51. The second-order valence-electron chi connectivity index (χ2n) is 7.70. The minimum atomic E-state index is 0.169. The molecule has 3 atom stereocenters. The van der Waals surface area contributed by atoms with Crippen LogP contribution in [0.25, 0.3) is 0 Å². The Morgan fingerprint density at radius 3 is 2.66 bits per heavy atom. The summed E-state index contributed by atoms with van der Waals surface area (Å²) < 4.78 is 6.25. The molecule has 2 aliphatic rings. The van der Waals surface area contributed by atoms with Gasteiger partial charge in [0.05, 0.1) is 17.7 Å². The van der Waals surface area contributed by atoms with Crippen LogP contribution in [0, 0.1) is 17.2 Å². The summed E-state index contributed by atoms with van der Waals surface area (Å²) in [6.45, 7) is 0.555. The molecule has 0 aromatic heterocycles. The van der Waals surface area contributed by atoms with Gasteiger partial charge in [-0.1, -0.05) is 60.7 Å². The molecule has 3 heteroatoms. The highest BCUT2D eigenvalue weighted by molar-refractivity contribution is 5.62. The molecule has 0 saturated heterocycles. The van der Waals surface area contributed by atoms with Gasteiger partial charge in [0, 0.05) is 17.2 Å². The molecule has 0 bridgehead atoms. The first-order chi connectivity index (χ1) is 14.3. The van der Waals surface area contributed by atoms with Gasteiger partial charge in [-0.15, -0.1) is 0 Å². The van der Waals surface area contributed by atoms with Crippen LogP contribution in [-0.2, 0) is 6.61 Å². The molecular formula is C26H22N2O. The molecule has 1 N–H and O–H groups in total. The summed E-state index contributed by atoms with van der Waals surface area (Å²) in [4.78, 5) is 0. The molecule has 1 heterocycles. The Balaban J connectivity index is 1.47. The van der Waals surface area contributed by atoms with Crippen LogP contribution < -0.4 is 10.1 Å². The van der Waals surface area contributed by atoms with Crippen LogP contribution in [-0.4, -0.2) is 0 Å². The predicted octanol–water partition coefficient (Wildman–Crippen LogP) is 5.96. The third kappa shape index (κ3) is 3.28. The molecule has 3 aromatic rings. The van der Waals surface area contributed by atoms with Crippen molar-refractivity contribution in [2.24, 2.45) is 5.92 Å². The summed E-state index contributed by atoms with van der Waals surface area (Å²) in [5, 5.41) is 13.0. The van der Waals surface area contributed by atoms with E-state index in [0.29, 0.717) is 18.4 Å². The van der Waals surface area contributed by atoms with Gasteiger partial charge >= 0.3 is 0 Å². The van der Waals surface area contributed by atoms with Gasteiger partial charge in [-0.3, -0.25) is 0 Å². The summed E-state index contributed by atoms with van der Waals surface area (Å²) in [7, 11) is 0. The minimum Gasteiger partial charge on any atom is -0.489 e. The molecular weight excluding hydrogens is 356 g/mol. The number of para-hydroxylation sites is 1. The maximum absolute atomic E-state index is 9.29. The van der Waals surface area contributed by atoms with Gasteiger partial charge in [0.2, 0.25) is 0 Å². The molecule has 0 amide bonds. The number of rotatable bonds is 4. The van der Waals surface area contributed by atoms with E-state index in [1.807, 2.05) is 42.5 Å². The standard InChI is InChI=1S/C26H22N2O/c27-16-19-13-14-24-23(15-19)20-10-6-11-21(20)26(28-24)22-9-4-5-12-25(22)29-17-18-7-2-1-3-8-18/h1-10,12-15,20-21,26,28H,11,17H2. The molecule has 0 spiro atoms. The van der Waals surface area contributed by atoms with E-state index in [1.165, 1.54) is 11.1 Å². The number of nitrogens with zero attached hydrogens (tertiary/aromatic N) is 1. The Morgan fingerprint density at radius 1 is 0.966 bits per heavy atom. The third-order valence-corrected chi connectivity index (χ3v) is 5.98. The van der Waals surface area contributed by atoms with Crippen molar-refractivity contribution in [1.82, 2.24) is 0 Å². The zero-order valence-corrected chi connectivity index (χ0v) is 16.1. The fraction of sp³-hybridized carbons (Fsp3) is 0.192. The fourth-order valence-corrected chi connectivity index (χ4v) is 4.58. The van der Waals surface area contributed by atoms with E-state index in [9.17, 15) is 5.26 Å². The maximum atomic E-state index is 9.29. The molecule has 142 valence electrons. The number of hydrogen-bond acceptors (Lipinski definition) is 3. The van der Waals surface area contributed by atoms with Gasteiger partial charge in [-0.2, -0.15) is 5.26 Å². The Bertz CT molecular complexity index is 1100. The van der Waals surface area contributed by atoms with Crippen LogP contribution in [0.5, 0.6) is 5.75 Å². The molecule has 0 saturated carbocycles. The Hall–Kier alpha value is -3.51. The summed E-state index contributed by atoms with van der Waals surface area (Å²) in [6.07, 6.45) is 5.59. The fourth-order valence-electron chi connectivity index (χ4n) is 4.58. The number of fused-ring (bicyclic) bond motifs is 3. The summed E-state index contributed by atoms with van der Waals surface area (Å²) in [5.74, 6) is 1.67. The van der Waals surface area contributed by atoms with Crippen LogP contribution >= 0.6 is 0 Å². The van der Waals surface area contributed by atoms with Crippen LogP contribution in [0.2, 0.25) is 0 Å². The lowest BCUT2D eigenvalue weighted by Gasteiger charge is -2.38. The molecule has 29 heavy (non-hydrogen) atoms. The molecule has 3 aromatic carbocycles. The minimum absolute atomic E-state index is 0.169. The first-order valence-electron chi connectivity index (χ1n) is 10.1. The first kappa shape index (κ1) is 17.6. The molecule has 1 aliphatic carbocycles. The number of anilines is 1. The maximum Gasteiger partial charge on any atom is 0.125 e. The molecule has 1 aliphatic heterocycles. The number of ether oxygens (including phenoxy) is 1. The van der Waals surface area contributed by atoms with Crippen LogP contribution in [0.3, 0.4) is 0 Å². The second kappa shape index (κ2) is 7.48. The summed E-state index contributed by atoms with van der Waals surface area (Å²) in [6, 6.07) is 27.0. The smallest absolute Gasteiger partial charge is 0.125 e. The quantitative estimate of drug-likeness (QED) is 0.569. The van der Waals surface area contributed by atoms with Gasteiger partial charge in [0.15, 0.2) is 0 Å². The third-order valence-electron chi connectivity index (χ3n) is 5.98. The largest absolute Gasteiger partial charge is 0.489 e. The van der Waals surface area contributed by atoms with Gasteiger partial charge in [-0.05, 0) is 47.7 Å². The molecule has 0 radical (unpaired) electrons. The lowest BCUT2D eigenvalue weighted by atomic mass is 9.76. The Morgan fingerprint density at radius 2 is 1.79 bits per heavy atom. The zero-order chi connectivity index (χ0) is 19.6. The SMILES string of the molecule is N#Cc1ccc2c(c1)C1C=CCC1C(c1ccccc1OCc1ccccc1)N2. The van der Waals surface area contributed by atoms with E-state index in [1.54, 1.807) is 0 Å². The molecule has 3 nitrogen and oxygen atoms in total. The van der Waals surface area contributed by atoms with Crippen molar-refractivity contribution in [1.29, 1.82) is 5.26 Å². The number of nitrogens with one attached hydrogen (secondary N) is 1. The Labute approximate surface area is 171 Å². The monoisotopic (exact) mass is 378 g/mol. The van der Waals surface area contributed by atoms with E-state index in [-0.39, 0.29) is 6.04 Å². The van der Waals surface area contributed by atoms with Crippen molar-refractivity contribution in [3.8, 4) is 11.8 Å². The molecule has 0 fully saturated rings. The van der Waals surface area contributed by atoms with Crippen LogP contribution in [0.1, 0.15) is 40.6 Å². The Kier molecular flexibility index (Phi) is 4.54. The number of benzene rings is 3. The predicted molar refractivity (Wildman–Crippen MR) is 115 cm³/mol. The first-order valence-corrected chi connectivity index (χ1v) is 10.1. The van der Waals surface area contributed by atoms with Crippen molar-refractivity contribution >= 4 is 5.69 Å². The van der Waals surface area contributed by atoms with Crippen molar-refractivity contribution in [2.75, 3.05) is 5.32 Å². The average molecular weight is 378 g/mol. The van der Waals surface area contributed by atoms with Gasteiger partial charge in [0.1, 0.15) is 12.4 Å². The lowest BCUT2D eigenvalue weighted by molar-refractivity contribution is 0.296. The van der Waals surface area contributed by atoms with Gasteiger partial charge in [-0.25, -0.2) is 0 Å². The van der Waals surface area contributed by atoms with Crippen molar-refractivity contribution in [3.63, 3.8) is 0 Å². The second-order valence-corrected chi connectivity index (χ2v) is 7.70.